The van der Waals surface area contributed by atoms with Crippen molar-refractivity contribution in [3.8, 4) is 22.3 Å². The maximum absolute atomic E-state index is 6.35. The molecule has 0 spiro atoms. The Morgan fingerprint density at radius 3 is 2.34 bits per heavy atom. The summed E-state index contributed by atoms with van der Waals surface area (Å²) in [6, 6.07) is 28.9. The van der Waals surface area contributed by atoms with Crippen LogP contribution < -0.4 is 0 Å². The van der Waals surface area contributed by atoms with Crippen molar-refractivity contribution in [3.63, 3.8) is 0 Å². The van der Waals surface area contributed by atoms with Gasteiger partial charge in [0.2, 0.25) is 0 Å². The first-order valence-corrected chi connectivity index (χ1v) is 12.6. The zero-order chi connectivity index (χ0) is 23.7. The van der Waals surface area contributed by atoms with E-state index in [4.69, 9.17) is 4.42 Å². The van der Waals surface area contributed by atoms with Gasteiger partial charge in [0.05, 0.1) is 0 Å². The molecule has 1 heterocycles. The highest BCUT2D eigenvalue weighted by molar-refractivity contribution is 6.09. The summed E-state index contributed by atoms with van der Waals surface area (Å²) in [4.78, 5) is 0. The van der Waals surface area contributed by atoms with Crippen molar-refractivity contribution >= 4 is 27.5 Å². The van der Waals surface area contributed by atoms with Crippen LogP contribution in [0.5, 0.6) is 0 Å². The third kappa shape index (κ3) is 3.01. The molecular weight excluding hydrogens is 424 g/mol. The first-order chi connectivity index (χ1) is 17.0. The standard InChI is InChI=1S/C34H28O/c1-21-11-13-22(14-12-21)23-16-18-30-29(19-23)26-17-15-24(20-31(26)34(30,2)3)25-8-6-9-28-27-7-4-5-10-32(27)35-33(25)28/h4-11,13,15-20H,12,14H2,1-3H3. The molecule has 1 heteroatoms. The van der Waals surface area contributed by atoms with Gasteiger partial charge in [-0.3, -0.25) is 0 Å². The summed E-state index contributed by atoms with van der Waals surface area (Å²) >= 11 is 0. The average Bonchev–Trinajstić information content (AvgIpc) is 3.37. The van der Waals surface area contributed by atoms with Crippen LogP contribution in [0.15, 0.2) is 101 Å². The van der Waals surface area contributed by atoms with Crippen LogP contribution in [-0.4, -0.2) is 0 Å². The molecule has 0 amide bonds. The van der Waals surface area contributed by atoms with Crippen LogP contribution in [0.4, 0.5) is 0 Å². The molecule has 0 saturated carbocycles. The van der Waals surface area contributed by atoms with E-state index in [1.165, 1.54) is 55.3 Å². The number of allylic oxidation sites excluding steroid dienone is 4. The fourth-order valence-corrected chi connectivity index (χ4v) is 6.08. The lowest BCUT2D eigenvalue weighted by atomic mass is 9.81. The maximum atomic E-state index is 6.35. The summed E-state index contributed by atoms with van der Waals surface area (Å²) in [5.74, 6) is 0. The Morgan fingerprint density at radius 1 is 0.657 bits per heavy atom. The van der Waals surface area contributed by atoms with E-state index in [0.29, 0.717) is 0 Å². The van der Waals surface area contributed by atoms with E-state index in [0.717, 1.165) is 29.6 Å². The minimum Gasteiger partial charge on any atom is -0.455 e. The van der Waals surface area contributed by atoms with Crippen LogP contribution in [0.2, 0.25) is 0 Å². The minimum absolute atomic E-state index is 0.0432. The SMILES string of the molecule is CC1=CC=C(c2ccc3c(c2)-c2ccc(-c4cccc5c4oc4ccccc45)cc2C3(C)C)CC1. The molecule has 2 aliphatic carbocycles. The molecule has 0 saturated heterocycles. The second kappa shape index (κ2) is 7.33. The molecule has 1 nitrogen and oxygen atoms in total. The normalized spacial score (nSPS) is 16.2. The molecule has 0 bridgehead atoms. The summed E-state index contributed by atoms with van der Waals surface area (Å²) in [5.41, 5.74) is 14.0. The molecular formula is C34H28O. The lowest BCUT2D eigenvalue weighted by Crippen LogP contribution is -2.15. The monoisotopic (exact) mass is 452 g/mol. The molecule has 2 aliphatic rings. The molecule has 0 unspecified atom stereocenters. The summed E-state index contributed by atoms with van der Waals surface area (Å²) in [6.45, 7) is 6.93. The Hall–Kier alpha value is -3.84. The number of benzene rings is 4. The quantitative estimate of drug-likeness (QED) is 0.260. The van der Waals surface area contributed by atoms with Gasteiger partial charge in [-0.15, -0.1) is 0 Å². The first-order valence-electron chi connectivity index (χ1n) is 12.6. The predicted molar refractivity (Wildman–Crippen MR) is 148 cm³/mol. The molecule has 170 valence electrons. The summed E-state index contributed by atoms with van der Waals surface area (Å²) in [6.07, 6.45) is 6.85. The van der Waals surface area contributed by atoms with Gasteiger partial charge in [0, 0.05) is 21.8 Å². The van der Waals surface area contributed by atoms with Crippen molar-refractivity contribution in [1.29, 1.82) is 0 Å². The molecule has 7 rings (SSSR count). The van der Waals surface area contributed by atoms with Crippen LogP contribution in [0.1, 0.15) is 50.3 Å². The Kier molecular flexibility index (Phi) is 4.30. The van der Waals surface area contributed by atoms with Crippen molar-refractivity contribution in [2.24, 2.45) is 0 Å². The van der Waals surface area contributed by atoms with Gasteiger partial charge < -0.3 is 4.42 Å². The third-order valence-corrected chi connectivity index (χ3v) is 8.12. The van der Waals surface area contributed by atoms with Crippen molar-refractivity contribution in [1.82, 2.24) is 0 Å². The van der Waals surface area contributed by atoms with Gasteiger partial charge in [0.25, 0.3) is 0 Å². The summed E-state index contributed by atoms with van der Waals surface area (Å²) < 4.78 is 6.35. The number of rotatable bonds is 2. The second-order valence-electron chi connectivity index (χ2n) is 10.6. The van der Waals surface area contributed by atoms with Crippen LogP contribution in [0, 0.1) is 0 Å². The van der Waals surface area contributed by atoms with Crippen LogP contribution in [-0.2, 0) is 5.41 Å². The molecule has 4 aromatic carbocycles. The summed E-state index contributed by atoms with van der Waals surface area (Å²) in [7, 11) is 0. The fraction of sp³-hybridized carbons (Fsp3) is 0.176. The molecule has 35 heavy (non-hydrogen) atoms. The smallest absolute Gasteiger partial charge is 0.143 e. The number of hydrogen-bond acceptors (Lipinski definition) is 1. The minimum atomic E-state index is -0.0432. The maximum Gasteiger partial charge on any atom is 0.143 e. The Labute approximate surface area is 206 Å². The molecule has 0 atom stereocenters. The molecule has 0 N–H and O–H groups in total. The van der Waals surface area contributed by atoms with Gasteiger partial charge >= 0.3 is 0 Å². The molecule has 5 aromatic rings. The van der Waals surface area contributed by atoms with E-state index in [2.05, 4.69) is 106 Å². The zero-order valence-corrected chi connectivity index (χ0v) is 20.5. The molecule has 1 aromatic heterocycles. The largest absolute Gasteiger partial charge is 0.455 e. The Balaban J connectivity index is 1.38. The lowest BCUT2D eigenvalue weighted by molar-refractivity contribution is 0.660. The van der Waals surface area contributed by atoms with E-state index in [-0.39, 0.29) is 5.41 Å². The van der Waals surface area contributed by atoms with E-state index >= 15 is 0 Å². The second-order valence-corrected chi connectivity index (χ2v) is 10.6. The Morgan fingerprint density at radius 2 is 1.49 bits per heavy atom. The highest BCUT2D eigenvalue weighted by Crippen LogP contribution is 2.51. The van der Waals surface area contributed by atoms with Gasteiger partial charge in [-0.05, 0) is 76.9 Å². The van der Waals surface area contributed by atoms with Gasteiger partial charge in [-0.25, -0.2) is 0 Å². The zero-order valence-electron chi connectivity index (χ0n) is 20.5. The number of fused-ring (bicyclic) bond motifs is 6. The van der Waals surface area contributed by atoms with Gasteiger partial charge in [-0.2, -0.15) is 0 Å². The number of furan rings is 1. The van der Waals surface area contributed by atoms with Gasteiger partial charge in [0.15, 0.2) is 0 Å². The predicted octanol–water partition coefficient (Wildman–Crippen LogP) is 9.68. The molecule has 0 fully saturated rings. The summed E-state index contributed by atoms with van der Waals surface area (Å²) in [5, 5.41) is 2.35. The average molecular weight is 453 g/mol. The highest BCUT2D eigenvalue weighted by Gasteiger charge is 2.36. The number of hydrogen-bond donors (Lipinski definition) is 0. The fourth-order valence-electron chi connectivity index (χ4n) is 6.08. The van der Waals surface area contributed by atoms with Crippen LogP contribution in [0.25, 0.3) is 49.8 Å². The van der Waals surface area contributed by atoms with E-state index in [9.17, 15) is 0 Å². The first kappa shape index (κ1) is 20.5. The Bertz CT molecular complexity index is 1720. The topological polar surface area (TPSA) is 13.1 Å². The highest BCUT2D eigenvalue weighted by atomic mass is 16.3. The van der Waals surface area contributed by atoms with Crippen molar-refractivity contribution in [3.05, 3.63) is 113 Å². The van der Waals surface area contributed by atoms with Crippen molar-refractivity contribution in [2.45, 2.75) is 39.0 Å². The van der Waals surface area contributed by atoms with Gasteiger partial charge in [0.1, 0.15) is 11.2 Å². The van der Waals surface area contributed by atoms with Crippen molar-refractivity contribution < 1.29 is 4.42 Å². The van der Waals surface area contributed by atoms with Crippen LogP contribution in [0.3, 0.4) is 0 Å². The van der Waals surface area contributed by atoms with Gasteiger partial charge in [-0.1, -0.05) is 92.2 Å². The van der Waals surface area contributed by atoms with E-state index < -0.39 is 0 Å². The van der Waals surface area contributed by atoms with E-state index in [1.807, 2.05) is 6.07 Å². The molecule has 0 radical (unpaired) electrons. The van der Waals surface area contributed by atoms with E-state index in [1.54, 1.807) is 0 Å². The lowest BCUT2D eigenvalue weighted by Gasteiger charge is -2.22. The van der Waals surface area contributed by atoms with Crippen molar-refractivity contribution in [2.75, 3.05) is 0 Å². The van der Waals surface area contributed by atoms with Crippen LogP contribution >= 0.6 is 0 Å². The third-order valence-electron chi connectivity index (χ3n) is 8.12. The number of para-hydroxylation sites is 2. The molecule has 0 aliphatic heterocycles.